The summed E-state index contributed by atoms with van der Waals surface area (Å²) in [6.07, 6.45) is 4.96. The Kier molecular flexibility index (Phi) is 2.24. The molecule has 0 radical (unpaired) electrons. The first kappa shape index (κ1) is 9.33. The van der Waals surface area contributed by atoms with Crippen LogP contribution < -0.4 is 5.32 Å². The molecule has 1 aromatic heterocycles. The van der Waals surface area contributed by atoms with E-state index in [1.807, 2.05) is 7.05 Å². The van der Waals surface area contributed by atoms with Crippen molar-refractivity contribution in [1.82, 2.24) is 15.5 Å². The summed E-state index contributed by atoms with van der Waals surface area (Å²) in [5.74, 6) is 4.01. The molecule has 1 heterocycles. The molecule has 1 N–H and O–H groups in total. The molecule has 0 spiro atoms. The van der Waals surface area contributed by atoms with Crippen molar-refractivity contribution in [3.63, 3.8) is 0 Å². The van der Waals surface area contributed by atoms with E-state index in [0.29, 0.717) is 5.92 Å². The topological polar surface area (TPSA) is 51.0 Å². The summed E-state index contributed by atoms with van der Waals surface area (Å²) in [5, 5.41) is 11.3. The van der Waals surface area contributed by atoms with E-state index in [0.717, 1.165) is 36.6 Å². The number of aromatic nitrogens is 2. The lowest BCUT2D eigenvalue weighted by Crippen LogP contribution is -2.10. The van der Waals surface area contributed by atoms with Crippen LogP contribution in [-0.2, 0) is 6.42 Å². The Morgan fingerprint density at radius 1 is 1.33 bits per heavy atom. The first-order valence-electron chi connectivity index (χ1n) is 5.87. The maximum absolute atomic E-state index is 5.68. The number of nitrogens with zero attached hydrogens (tertiary/aromatic N) is 2. The van der Waals surface area contributed by atoms with Crippen molar-refractivity contribution in [1.29, 1.82) is 0 Å². The standard InChI is InChI=1S/C11H17N3O/c1-12-6-5-9-13-14-11(15-9)10-7-3-2-4-8(7)10/h7-8,10,12H,2-6H2,1H3. The molecular formula is C11H17N3O. The van der Waals surface area contributed by atoms with E-state index in [1.54, 1.807) is 0 Å². The van der Waals surface area contributed by atoms with Crippen LogP contribution in [0.1, 0.15) is 37.0 Å². The number of likely N-dealkylation sites (N-methyl/N-ethyl adjacent to an activating group) is 1. The van der Waals surface area contributed by atoms with Crippen molar-refractivity contribution in [2.45, 2.75) is 31.6 Å². The Bertz CT molecular complexity index is 339. The molecule has 4 heteroatoms. The molecule has 0 aliphatic heterocycles. The van der Waals surface area contributed by atoms with Crippen LogP contribution in [0.25, 0.3) is 0 Å². The van der Waals surface area contributed by atoms with Crippen LogP contribution in [0.5, 0.6) is 0 Å². The monoisotopic (exact) mass is 207 g/mol. The molecule has 4 nitrogen and oxygen atoms in total. The highest BCUT2D eigenvalue weighted by Gasteiger charge is 2.56. The fraction of sp³-hybridized carbons (Fsp3) is 0.818. The molecule has 0 aromatic carbocycles. The minimum Gasteiger partial charge on any atom is -0.425 e. The molecule has 82 valence electrons. The Hall–Kier alpha value is -0.900. The van der Waals surface area contributed by atoms with E-state index >= 15 is 0 Å². The van der Waals surface area contributed by atoms with Crippen molar-refractivity contribution in [3.8, 4) is 0 Å². The van der Waals surface area contributed by atoms with Crippen LogP contribution >= 0.6 is 0 Å². The molecule has 2 fully saturated rings. The van der Waals surface area contributed by atoms with E-state index in [1.165, 1.54) is 19.3 Å². The molecular weight excluding hydrogens is 190 g/mol. The first-order valence-corrected chi connectivity index (χ1v) is 5.87. The molecule has 2 aliphatic rings. The van der Waals surface area contributed by atoms with Gasteiger partial charge in [-0.25, -0.2) is 0 Å². The lowest BCUT2D eigenvalue weighted by molar-refractivity contribution is 0.431. The quantitative estimate of drug-likeness (QED) is 0.809. The van der Waals surface area contributed by atoms with Gasteiger partial charge in [0.05, 0.1) is 0 Å². The van der Waals surface area contributed by atoms with Gasteiger partial charge in [0.25, 0.3) is 0 Å². The van der Waals surface area contributed by atoms with Crippen molar-refractivity contribution in [2.75, 3.05) is 13.6 Å². The smallest absolute Gasteiger partial charge is 0.220 e. The second-order valence-electron chi connectivity index (χ2n) is 4.67. The predicted octanol–water partition coefficient (Wildman–Crippen LogP) is 1.34. The molecule has 0 amide bonds. The third kappa shape index (κ3) is 1.57. The zero-order chi connectivity index (χ0) is 10.3. The zero-order valence-corrected chi connectivity index (χ0v) is 9.07. The van der Waals surface area contributed by atoms with Gasteiger partial charge < -0.3 is 9.73 Å². The highest BCUT2D eigenvalue weighted by molar-refractivity contribution is 5.15. The van der Waals surface area contributed by atoms with Gasteiger partial charge in [-0.2, -0.15) is 0 Å². The summed E-state index contributed by atoms with van der Waals surface area (Å²) in [6.45, 7) is 0.902. The fourth-order valence-corrected chi connectivity index (χ4v) is 2.92. The normalized spacial score (nSPS) is 33.0. The van der Waals surface area contributed by atoms with Crippen LogP contribution in [0.4, 0.5) is 0 Å². The number of rotatable bonds is 4. The molecule has 15 heavy (non-hydrogen) atoms. The summed E-state index contributed by atoms with van der Waals surface area (Å²) >= 11 is 0. The van der Waals surface area contributed by atoms with Crippen LogP contribution in [0.2, 0.25) is 0 Å². The van der Waals surface area contributed by atoms with Gasteiger partial charge in [0.1, 0.15) is 0 Å². The number of hydrogen-bond acceptors (Lipinski definition) is 4. The molecule has 2 saturated carbocycles. The minimum atomic E-state index is 0.606. The molecule has 2 aliphatic carbocycles. The second-order valence-corrected chi connectivity index (χ2v) is 4.67. The average Bonchev–Trinajstić information content (AvgIpc) is 2.73. The van der Waals surface area contributed by atoms with Crippen LogP contribution in [0.15, 0.2) is 4.42 Å². The van der Waals surface area contributed by atoms with Gasteiger partial charge in [-0.3, -0.25) is 0 Å². The van der Waals surface area contributed by atoms with Crippen molar-refractivity contribution in [3.05, 3.63) is 11.8 Å². The number of fused-ring (bicyclic) bond motifs is 1. The summed E-state index contributed by atoms with van der Waals surface area (Å²) < 4.78 is 5.68. The van der Waals surface area contributed by atoms with E-state index in [-0.39, 0.29) is 0 Å². The summed E-state index contributed by atoms with van der Waals surface area (Å²) in [6, 6.07) is 0. The van der Waals surface area contributed by atoms with Gasteiger partial charge in [-0.15, -0.1) is 10.2 Å². The highest BCUT2D eigenvalue weighted by atomic mass is 16.4. The highest BCUT2D eigenvalue weighted by Crippen LogP contribution is 2.62. The molecule has 1 aromatic rings. The van der Waals surface area contributed by atoms with Crippen LogP contribution in [-0.4, -0.2) is 23.8 Å². The van der Waals surface area contributed by atoms with Gasteiger partial charge in [0.15, 0.2) is 0 Å². The maximum Gasteiger partial charge on any atom is 0.220 e. The molecule has 2 atom stereocenters. The molecule has 0 bridgehead atoms. The third-order valence-corrected chi connectivity index (χ3v) is 3.76. The predicted molar refractivity (Wildman–Crippen MR) is 55.5 cm³/mol. The van der Waals surface area contributed by atoms with Crippen molar-refractivity contribution < 1.29 is 4.42 Å². The van der Waals surface area contributed by atoms with Gasteiger partial charge in [-0.05, 0) is 31.7 Å². The molecule has 0 saturated heterocycles. The number of nitrogens with one attached hydrogen (secondary N) is 1. The van der Waals surface area contributed by atoms with E-state index in [4.69, 9.17) is 4.42 Å². The lowest BCUT2D eigenvalue weighted by Gasteiger charge is -1.96. The van der Waals surface area contributed by atoms with Crippen molar-refractivity contribution >= 4 is 0 Å². The Balaban J connectivity index is 1.64. The summed E-state index contributed by atoms with van der Waals surface area (Å²) in [7, 11) is 1.93. The summed E-state index contributed by atoms with van der Waals surface area (Å²) in [5.41, 5.74) is 0. The van der Waals surface area contributed by atoms with Crippen LogP contribution in [0.3, 0.4) is 0 Å². The largest absolute Gasteiger partial charge is 0.425 e. The van der Waals surface area contributed by atoms with Gasteiger partial charge in [-0.1, -0.05) is 6.42 Å². The van der Waals surface area contributed by atoms with Gasteiger partial charge >= 0.3 is 0 Å². The third-order valence-electron chi connectivity index (χ3n) is 3.76. The molecule has 3 rings (SSSR count). The van der Waals surface area contributed by atoms with Crippen LogP contribution in [0, 0.1) is 11.8 Å². The SMILES string of the molecule is CNCCc1nnc(C2C3CCCC32)o1. The Morgan fingerprint density at radius 3 is 2.87 bits per heavy atom. The van der Waals surface area contributed by atoms with E-state index < -0.39 is 0 Å². The fourth-order valence-electron chi connectivity index (χ4n) is 2.92. The van der Waals surface area contributed by atoms with Crippen molar-refractivity contribution in [2.24, 2.45) is 11.8 Å². The first-order chi connectivity index (χ1) is 7.40. The van der Waals surface area contributed by atoms with E-state index in [2.05, 4.69) is 15.5 Å². The maximum atomic E-state index is 5.68. The minimum absolute atomic E-state index is 0.606. The van der Waals surface area contributed by atoms with Gasteiger partial charge in [0.2, 0.25) is 11.8 Å². The molecule has 2 unspecified atom stereocenters. The zero-order valence-electron chi connectivity index (χ0n) is 9.07. The average molecular weight is 207 g/mol. The second kappa shape index (κ2) is 3.59. The Labute approximate surface area is 89.5 Å². The Morgan fingerprint density at radius 2 is 2.13 bits per heavy atom. The number of hydrogen-bond donors (Lipinski definition) is 1. The summed E-state index contributed by atoms with van der Waals surface area (Å²) in [4.78, 5) is 0. The van der Waals surface area contributed by atoms with Gasteiger partial charge in [0, 0.05) is 18.9 Å². The lowest BCUT2D eigenvalue weighted by atomic mass is 10.1. The van der Waals surface area contributed by atoms with E-state index in [9.17, 15) is 0 Å².